The van der Waals surface area contributed by atoms with E-state index in [4.69, 9.17) is 23.7 Å². The largest absolute Gasteiger partial charge is 0.370 e. The van der Waals surface area contributed by atoms with Gasteiger partial charge in [0.05, 0.1) is 56.0 Å². The van der Waals surface area contributed by atoms with Crippen molar-refractivity contribution in [1.82, 2.24) is 0 Å². The highest BCUT2D eigenvalue weighted by Gasteiger charge is 2.44. The minimum absolute atomic E-state index is 0.0845. The lowest BCUT2D eigenvalue weighted by Crippen LogP contribution is -2.47. The van der Waals surface area contributed by atoms with Crippen molar-refractivity contribution in [2.24, 2.45) is 23.2 Å². The van der Waals surface area contributed by atoms with Gasteiger partial charge in [-0.2, -0.15) is 0 Å². The molecule has 0 spiro atoms. The Balaban J connectivity index is 0.000000286. The molecule has 0 N–H and O–H groups in total. The molecule has 8 aliphatic rings. The molecule has 5 heteroatoms. The first-order valence-electron chi connectivity index (χ1n) is 30.1. The van der Waals surface area contributed by atoms with Gasteiger partial charge >= 0.3 is 0 Å². The first-order chi connectivity index (χ1) is 31.6. The third-order valence-electron chi connectivity index (χ3n) is 18.7. The maximum atomic E-state index is 6.46. The summed E-state index contributed by atoms with van der Waals surface area (Å²) in [6.45, 7) is 51.4. The summed E-state index contributed by atoms with van der Waals surface area (Å²) in [5.41, 5.74) is 2.08. The highest BCUT2D eigenvalue weighted by Crippen LogP contribution is 2.47. The monoisotopic (exact) mass is 975 g/mol. The van der Waals surface area contributed by atoms with Crippen LogP contribution < -0.4 is 0 Å². The summed E-state index contributed by atoms with van der Waals surface area (Å²) in [6.07, 6.45) is 35.1. The minimum atomic E-state index is 0.0845. The van der Waals surface area contributed by atoms with Crippen LogP contribution in [0.25, 0.3) is 0 Å². The molecule has 2 bridgehead atoms. The van der Waals surface area contributed by atoms with Crippen molar-refractivity contribution in [3.8, 4) is 0 Å². The first-order valence-corrected chi connectivity index (χ1v) is 30.1. The zero-order valence-electron chi connectivity index (χ0n) is 51.4. The second-order valence-electron chi connectivity index (χ2n) is 28.7. The molecule has 0 radical (unpaired) electrons. The number of hydrogen-bond donors (Lipinski definition) is 0. The maximum absolute atomic E-state index is 6.46. The summed E-state index contributed by atoms with van der Waals surface area (Å²) in [6, 6.07) is 0. The molecule has 0 aromatic carbocycles. The maximum Gasteiger partial charge on any atom is 0.0685 e. The smallest absolute Gasteiger partial charge is 0.0685 e. The Labute approximate surface area is 433 Å². The lowest BCUT2D eigenvalue weighted by Gasteiger charge is -2.48. The SMILES string of the molecule is CC1(C)CCC(C)(C)O1.CC1(C)CCCC(C)(C)O1.CC1(C)CCCCC2CCC1CC2.CC1CC(C)(C)OC(C)(C)C1.CCC1(C)CCC(CC)(CC)O1.CCC1(CC)CCCC(CC)(CC)O1. The Kier molecular flexibility index (Phi) is 25.0. The van der Waals surface area contributed by atoms with E-state index in [2.05, 4.69) is 159 Å². The van der Waals surface area contributed by atoms with E-state index in [0.29, 0.717) is 5.41 Å². The van der Waals surface area contributed by atoms with Crippen LogP contribution in [-0.4, -0.2) is 56.0 Å². The second kappa shape index (κ2) is 26.5. The molecule has 1 unspecified atom stereocenters. The molecule has 1 atom stereocenters. The van der Waals surface area contributed by atoms with Gasteiger partial charge < -0.3 is 23.7 Å². The van der Waals surface area contributed by atoms with Crippen molar-refractivity contribution in [2.45, 2.75) is 389 Å². The van der Waals surface area contributed by atoms with Crippen LogP contribution in [0.2, 0.25) is 0 Å². The van der Waals surface area contributed by atoms with E-state index in [1.54, 1.807) is 0 Å². The van der Waals surface area contributed by atoms with E-state index in [0.717, 1.165) is 24.2 Å². The van der Waals surface area contributed by atoms with Gasteiger partial charge in [-0.05, 0) is 254 Å². The van der Waals surface area contributed by atoms with Crippen LogP contribution in [0.15, 0.2) is 0 Å². The van der Waals surface area contributed by atoms with Crippen molar-refractivity contribution < 1.29 is 23.7 Å². The lowest BCUT2D eigenvalue weighted by atomic mass is 9.68. The van der Waals surface area contributed by atoms with Gasteiger partial charge in [-0.15, -0.1) is 0 Å². The Bertz CT molecular complexity index is 1350. The summed E-state index contributed by atoms with van der Waals surface area (Å²) >= 11 is 0. The van der Waals surface area contributed by atoms with Crippen LogP contribution in [0.3, 0.4) is 0 Å². The fourth-order valence-electron chi connectivity index (χ4n) is 14.2. The van der Waals surface area contributed by atoms with Crippen LogP contribution in [0.4, 0.5) is 0 Å². The van der Waals surface area contributed by atoms with Gasteiger partial charge in [0.25, 0.3) is 0 Å². The number of fused-ring (bicyclic) bond motifs is 6. The van der Waals surface area contributed by atoms with Gasteiger partial charge in [0.2, 0.25) is 0 Å². The van der Waals surface area contributed by atoms with Gasteiger partial charge in [-0.25, -0.2) is 0 Å². The molecule has 5 heterocycles. The standard InChI is InChI=1S/C13H26O.C13H24.C11H22O.C10H20O.C9H18O.C8H16O/c1-5-12(6-2)10-9-11-13(7-3,8-4)14-12;1-13(2)10-4-3-5-11-6-8-12(13)9-7-11;1-5-10(4)8-9-11(6-2,7-3)12-10;1-8-6-9(2,3)11-10(4,5)7-8;1-8(2)6-5-7-9(3,4)10-8;1-7(2)5-6-8(3,4)9-7/h5-11H2,1-4H3;11-12H,3-10H2,1-2H3;5-9H2,1-4H3;8H,6-7H2,1-5H3;5-7H2,1-4H3;5-6H2,1-4H3. The number of ether oxygens (including phenoxy) is 5. The van der Waals surface area contributed by atoms with Gasteiger partial charge in [0, 0.05) is 0 Å². The molecule has 5 nitrogen and oxygen atoms in total. The molecular weight excluding hydrogens is 849 g/mol. The summed E-state index contributed by atoms with van der Waals surface area (Å²) in [4.78, 5) is 0. The first kappa shape index (κ1) is 64.9. The molecule has 8 fully saturated rings. The average molecular weight is 976 g/mol. The Morgan fingerprint density at radius 2 is 0.696 bits per heavy atom. The predicted octanol–water partition coefficient (Wildman–Crippen LogP) is 20.3. The van der Waals surface area contributed by atoms with Crippen LogP contribution in [0, 0.1) is 23.2 Å². The molecule has 5 saturated heterocycles. The zero-order chi connectivity index (χ0) is 52.9. The fourth-order valence-corrected chi connectivity index (χ4v) is 14.2. The van der Waals surface area contributed by atoms with E-state index in [1.807, 2.05) is 0 Å². The molecule has 69 heavy (non-hydrogen) atoms. The summed E-state index contributed by atoms with van der Waals surface area (Å²) in [5, 5.41) is 0. The molecule has 3 saturated carbocycles. The van der Waals surface area contributed by atoms with Gasteiger partial charge in [0.15, 0.2) is 0 Å². The Hall–Kier alpha value is -0.200. The van der Waals surface area contributed by atoms with E-state index in [1.165, 1.54) is 167 Å². The van der Waals surface area contributed by atoms with Crippen molar-refractivity contribution in [3.05, 3.63) is 0 Å². The van der Waals surface area contributed by atoms with Crippen LogP contribution in [-0.2, 0) is 23.7 Å². The highest BCUT2D eigenvalue weighted by atomic mass is 16.5. The van der Waals surface area contributed by atoms with Gasteiger partial charge in [-0.1, -0.05) is 101 Å². The van der Waals surface area contributed by atoms with Gasteiger partial charge in [0.1, 0.15) is 0 Å². The Morgan fingerprint density at radius 3 is 1.01 bits per heavy atom. The van der Waals surface area contributed by atoms with E-state index in [-0.39, 0.29) is 56.0 Å². The molecule has 3 aliphatic carbocycles. The molecular formula is C64H126O5. The fraction of sp³-hybridized carbons (Fsp3) is 1.00. The summed E-state index contributed by atoms with van der Waals surface area (Å²) < 4.78 is 30.2. The molecule has 0 amide bonds. The minimum Gasteiger partial charge on any atom is -0.370 e. The number of hydrogen-bond acceptors (Lipinski definition) is 5. The quantitative estimate of drug-likeness (QED) is 0.254. The van der Waals surface area contributed by atoms with Crippen LogP contribution >= 0.6 is 0 Å². The van der Waals surface area contributed by atoms with Crippen molar-refractivity contribution in [2.75, 3.05) is 0 Å². The molecule has 5 aliphatic heterocycles. The molecule has 412 valence electrons. The number of rotatable bonds is 7. The summed E-state index contributed by atoms with van der Waals surface area (Å²) in [7, 11) is 0. The third-order valence-corrected chi connectivity index (χ3v) is 18.7. The Morgan fingerprint density at radius 1 is 0.319 bits per heavy atom. The van der Waals surface area contributed by atoms with Crippen LogP contribution in [0.1, 0.15) is 333 Å². The van der Waals surface area contributed by atoms with Crippen LogP contribution in [0.5, 0.6) is 0 Å². The summed E-state index contributed by atoms with van der Waals surface area (Å²) in [5.74, 6) is 2.95. The van der Waals surface area contributed by atoms with Crippen molar-refractivity contribution >= 4 is 0 Å². The normalized spacial score (nSPS) is 31.5. The lowest BCUT2D eigenvalue weighted by molar-refractivity contribution is -0.196. The zero-order valence-corrected chi connectivity index (χ0v) is 51.4. The molecule has 8 rings (SSSR count). The molecule has 0 aromatic rings. The third kappa shape index (κ3) is 22.3. The van der Waals surface area contributed by atoms with E-state index < -0.39 is 0 Å². The topological polar surface area (TPSA) is 46.2 Å². The average Bonchev–Trinajstić information content (AvgIpc) is 3.78. The van der Waals surface area contributed by atoms with Crippen molar-refractivity contribution in [3.63, 3.8) is 0 Å². The van der Waals surface area contributed by atoms with E-state index >= 15 is 0 Å². The predicted molar refractivity (Wildman–Crippen MR) is 301 cm³/mol. The highest BCUT2D eigenvalue weighted by molar-refractivity contribution is 4.94. The molecule has 0 aromatic heterocycles. The van der Waals surface area contributed by atoms with Gasteiger partial charge in [-0.3, -0.25) is 0 Å². The van der Waals surface area contributed by atoms with E-state index in [9.17, 15) is 0 Å². The second-order valence-corrected chi connectivity index (χ2v) is 28.7. The van der Waals surface area contributed by atoms with Crippen molar-refractivity contribution in [1.29, 1.82) is 0 Å².